The van der Waals surface area contributed by atoms with Gasteiger partial charge in [0, 0.05) is 31.6 Å². The summed E-state index contributed by atoms with van der Waals surface area (Å²) in [5, 5.41) is 6.00. The Kier molecular flexibility index (Phi) is 3.20. The Balaban J connectivity index is 2.45. The quantitative estimate of drug-likeness (QED) is 0.588. The molecule has 11 heavy (non-hydrogen) atoms. The summed E-state index contributed by atoms with van der Waals surface area (Å²) >= 11 is 0. The van der Waals surface area contributed by atoms with E-state index in [9.17, 15) is 8.78 Å². The highest BCUT2D eigenvalue weighted by Gasteiger charge is 2.27. The summed E-state index contributed by atoms with van der Waals surface area (Å²) in [5.41, 5.74) is 0. The van der Waals surface area contributed by atoms with Crippen LogP contribution in [0.1, 0.15) is 6.92 Å². The van der Waals surface area contributed by atoms with Crippen molar-refractivity contribution in [2.45, 2.75) is 19.4 Å². The number of nitrogens with one attached hydrogen (secondary N) is 2. The van der Waals surface area contributed by atoms with Crippen LogP contribution < -0.4 is 10.6 Å². The van der Waals surface area contributed by atoms with E-state index < -0.39 is 12.3 Å². The lowest BCUT2D eigenvalue weighted by Crippen LogP contribution is -2.38. The van der Waals surface area contributed by atoms with E-state index in [1.165, 1.54) is 0 Å². The summed E-state index contributed by atoms with van der Waals surface area (Å²) in [5.74, 6) is -0.544. The minimum Gasteiger partial charge on any atom is -0.315 e. The Morgan fingerprint density at radius 2 is 2.09 bits per heavy atom. The molecule has 1 rings (SSSR count). The normalized spacial score (nSPS) is 33.8. The fraction of sp³-hybridized carbons (Fsp3) is 1.00. The van der Waals surface area contributed by atoms with Crippen LogP contribution in [0, 0.1) is 5.92 Å². The molecular weight excluding hydrogens is 150 g/mol. The summed E-state index contributed by atoms with van der Waals surface area (Å²) in [6.45, 7) is 3.80. The fourth-order valence-corrected chi connectivity index (χ4v) is 1.29. The Hall–Kier alpha value is -0.220. The average molecular weight is 164 g/mol. The van der Waals surface area contributed by atoms with E-state index in [0.717, 1.165) is 13.1 Å². The van der Waals surface area contributed by atoms with Gasteiger partial charge in [0.15, 0.2) is 0 Å². The molecule has 0 aromatic carbocycles. The molecule has 1 fully saturated rings. The van der Waals surface area contributed by atoms with Crippen molar-refractivity contribution in [1.82, 2.24) is 10.6 Å². The van der Waals surface area contributed by atoms with Crippen molar-refractivity contribution in [1.29, 1.82) is 0 Å². The highest BCUT2D eigenvalue weighted by Crippen LogP contribution is 2.14. The first-order chi connectivity index (χ1) is 5.22. The lowest BCUT2D eigenvalue weighted by molar-refractivity contribution is 0.0634. The minimum absolute atomic E-state index is 0.0787. The molecule has 1 aliphatic heterocycles. The Morgan fingerprint density at radius 1 is 1.36 bits per heavy atom. The van der Waals surface area contributed by atoms with Crippen LogP contribution in [0.2, 0.25) is 0 Å². The van der Waals surface area contributed by atoms with Gasteiger partial charge in [-0.15, -0.1) is 0 Å². The number of rotatable bonds is 1. The molecule has 2 atom stereocenters. The van der Waals surface area contributed by atoms with E-state index in [4.69, 9.17) is 0 Å². The zero-order valence-electron chi connectivity index (χ0n) is 6.61. The van der Waals surface area contributed by atoms with Crippen LogP contribution in [-0.2, 0) is 0 Å². The second-order valence-electron chi connectivity index (χ2n) is 2.95. The predicted octanol–water partition coefficient (Wildman–Crippen LogP) is 0.449. The van der Waals surface area contributed by atoms with Crippen molar-refractivity contribution >= 4 is 0 Å². The minimum atomic E-state index is -2.22. The molecule has 4 heteroatoms. The van der Waals surface area contributed by atoms with Crippen molar-refractivity contribution in [2.24, 2.45) is 5.92 Å². The molecule has 2 nitrogen and oxygen atoms in total. The van der Waals surface area contributed by atoms with Crippen LogP contribution >= 0.6 is 0 Å². The van der Waals surface area contributed by atoms with Gasteiger partial charge in [0.05, 0.1) is 0 Å². The summed E-state index contributed by atoms with van der Waals surface area (Å²) in [7, 11) is 0. The molecule has 0 spiro atoms. The second kappa shape index (κ2) is 3.97. The van der Waals surface area contributed by atoms with Crippen molar-refractivity contribution in [3.8, 4) is 0 Å². The summed E-state index contributed by atoms with van der Waals surface area (Å²) in [6, 6.07) is -0.0787. The molecule has 0 aromatic heterocycles. The third-order valence-electron chi connectivity index (χ3n) is 2.11. The zero-order valence-corrected chi connectivity index (χ0v) is 6.61. The van der Waals surface area contributed by atoms with Crippen molar-refractivity contribution in [3.05, 3.63) is 0 Å². The van der Waals surface area contributed by atoms with Crippen LogP contribution in [-0.4, -0.2) is 32.1 Å². The molecule has 2 unspecified atom stereocenters. The van der Waals surface area contributed by atoms with E-state index in [0.29, 0.717) is 6.54 Å². The SMILES string of the molecule is CC1NCCNCC1C(F)F. The van der Waals surface area contributed by atoms with Gasteiger partial charge >= 0.3 is 0 Å². The molecule has 66 valence electrons. The molecule has 0 amide bonds. The van der Waals surface area contributed by atoms with Crippen molar-refractivity contribution in [3.63, 3.8) is 0 Å². The van der Waals surface area contributed by atoms with E-state index in [-0.39, 0.29) is 6.04 Å². The number of hydrogen-bond donors (Lipinski definition) is 2. The van der Waals surface area contributed by atoms with Gasteiger partial charge in [0.2, 0.25) is 6.43 Å². The fourth-order valence-electron chi connectivity index (χ4n) is 1.29. The molecule has 2 N–H and O–H groups in total. The van der Waals surface area contributed by atoms with Crippen LogP contribution in [0.4, 0.5) is 8.78 Å². The highest BCUT2D eigenvalue weighted by atomic mass is 19.3. The molecule has 0 saturated carbocycles. The van der Waals surface area contributed by atoms with Gasteiger partial charge in [0.25, 0.3) is 0 Å². The third-order valence-corrected chi connectivity index (χ3v) is 2.11. The van der Waals surface area contributed by atoms with E-state index >= 15 is 0 Å². The van der Waals surface area contributed by atoms with E-state index in [2.05, 4.69) is 10.6 Å². The van der Waals surface area contributed by atoms with Gasteiger partial charge in [0.1, 0.15) is 0 Å². The van der Waals surface area contributed by atoms with Crippen LogP contribution in [0.15, 0.2) is 0 Å². The molecule has 1 saturated heterocycles. The Morgan fingerprint density at radius 3 is 2.73 bits per heavy atom. The number of alkyl halides is 2. The van der Waals surface area contributed by atoms with Gasteiger partial charge in [-0.25, -0.2) is 8.78 Å². The molecule has 1 heterocycles. The maximum atomic E-state index is 12.3. The average Bonchev–Trinajstić information content (AvgIpc) is 2.13. The standard InChI is InChI=1S/C7H14F2N2/c1-5-6(7(8)9)4-10-2-3-11-5/h5-7,10-11H,2-4H2,1H3. The second-order valence-corrected chi connectivity index (χ2v) is 2.95. The Bertz CT molecular complexity index is 119. The first kappa shape index (κ1) is 8.87. The highest BCUT2D eigenvalue weighted by molar-refractivity contribution is 4.79. The van der Waals surface area contributed by atoms with E-state index in [1.807, 2.05) is 6.92 Å². The van der Waals surface area contributed by atoms with Crippen LogP contribution in [0.3, 0.4) is 0 Å². The molecule has 0 radical (unpaired) electrons. The Labute approximate surface area is 65.4 Å². The largest absolute Gasteiger partial charge is 0.315 e. The molecular formula is C7H14F2N2. The summed E-state index contributed by atoms with van der Waals surface area (Å²) < 4.78 is 24.5. The van der Waals surface area contributed by atoms with Crippen LogP contribution in [0.5, 0.6) is 0 Å². The zero-order chi connectivity index (χ0) is 8.27. The topological polar surface area (TPSA) is 24.1 Å². The molecule has 1 aliphatic rings. The smallest absolute Gasteiger partial charge is 0.244 e. The summed E-state index contributed by atoms with van der Waals surface area (Å²) in [6.07, 6.45) is -2.22. The third kappa shape index (κ3) is 2.38. The van der Waals surface area contributed by atoms with Crippen molar-refractivity contribution < 1.29 is 8.78 Å². The molecule has 0 aliphatic carbocycles. The van der Waals surface area contributed by atoms with Gasteiger partial charge in [-0.05, 0) is 6.92 Å². The number of halogens is 2. The van der Waals surface area contributed by atoms with Gasteiger partial charge in [-0.1, -0.05) is 0 Å². The molecule has 0 bridgehead atoms. The lowest BCUT2D eigenvalue weighted by atomic mass is 10.0. The monoisotopic (exact) mass is 164 g/mol. The van der Waals surface area contributed by atoms with E-state index in [1.54, 1.807) is 0 Å². The van der Waals surface area contributed by atoms with Crippen molar-refractivity contribution in [2.75, 3.05) is 19.6 Å². The maximum absolute atomic E-state index is 12.3. The number of hydrogen-bond acceptors (Lipinski definition) is 2. The predicted molar refractivity (Wildman–Crippen MR) is 39.8 cm³/mol. The molecule has 0 aromatic rings. The first-order valence-corrected chi connectivity index (χ1v) is 3.94. The summed E-state index contributed by atoms with van der Waals surface area (Å²) in [4.78, 5) is 0. The van der Waals surface area contributed by atoms with Gasteiger partial charge in [-0.3, -0.25) is 0 Å². The lowest BCUT2D eigenvalue weighted by Gasteiger charge is -2.20. The van der Waals surface area contributed by atoms with Gasteiger partial charge in [-0.2, -0.15) is 0 Å². The first-order valence-electron chi connectivity index (χ1n) is 3.94. The van der Waals surface area contributed by atoms with Crippen LogP contribution in [0.25, 0.3) is 0 Å². The maximum Gasteiger partial charge on any atom is 0.244 e. The van der Waals surface area contributed by atoms with Gasteiger partial charge < -0.3 is 10.6 Å².